The topological polar surface area (TPSA) is 9.23 Å². The third-order valence-corrected chi connectivity index (χ3v) is 10.7. The normalized spacial score (nSPS) is 20.7. The van der Waals surface area contributed by atoms with E-state index in [-0.39, 0.29) is 11.1 Å². The van der Waals surface area contributed by atoms with E-state index in [0.29, 0.717) is 5.92 Å². The van der Waals surface area contributed by atoms with Crippen molar-refractivity contribution in [3.8, 4) is 0 Å². The quantitative estimate of drug-likeness (QED) is 0.325. The minimum Gasteiger partial charge on any atom is -0.410 e. The highest BCUT2D eigenvalue weighted by Crippen LogP contribution is 2.39. The molecule has 0 aromatic rings. The monoisotopic (exact) mass is 350 g/mol. The Morgan fingerprint density at radius 2 is 1.79 bits per heavy atom. The molecule has 24 heavy (non-hydrogen) atoms. The predicted octanol–water partition coefficient (Wildman–Crippen LogP) is 7.51. The molecule has 1 rings (SSSR count). The molecule has 0 saturated heterocycles. The Kier molecular flexibility index (Phi) is 8.48. The highest BCUT2D eigenvalue weighted by molar-refractivity contribution is 6.74. The van der Waals surface area contributed by atoms with E-state index in [2.05, 4.69) is 66.4 Å². The molecule has 0 aromatic carbocycles. The summed E-state index contributed by atoms with van der Waals surface area (Å²) < 4.78 is 6.76. The maximum atomic E-state index is 6.76. The van der Waals surface area contributed by atoms with Gasteiger partial charge < -0.3 is 4.43 Å². The van der Waals surface area contributed by atoms with E-state index >= 15 is 0 Å². The Bertz CT molecular complexity index is 410. The van der Waals surface area contributed by atoms with Crippen LogP contribution in [0.5, 0.6) is 0 Å². The Morgan fingerprint density at radius 3 is 2.29 bits per heavy atom. The number of hydrogen-bond acceptors (Lipinski definition) is 1. The van der Waals surface area contributed by atoms with Gasteiger partial charge >= 0.3 is 0 Å². The molecule has 1 aliphatic carbocycles. The molecule has 1 fully saturated rings. The lowest BCUT2D eigenvalue weighted by Crippen LogP contribution is -2.45. The van der Waals surface area contributed by atoms with Crippen molar-refractivity contribution in [2.45, 2.75) is 104 Å². The molecule has 0 unspecified atom stereocenters. The lowest BCUT2D eigenvalue weighted by molar-refractivity contribution is 0.178. The van der Waals surface area contributed by atoms with Crippen molar-refractivity contribution >= 4 is 8.32 Å². The van der Waals surface area contributed by atoms with Crippen molar-refractivity contribution in [2.75, 3.05) is 0 Å². The maximum Gasteiger partial charge on any atom is 0.192 e. The molecule has 0 aromatic heterocycles. The first-order valence-corrected chi connectivity index (χ1v) is 13.0. The minimum absolute atomic E-state index is 0.190. The van der Waals surface area contributed by atoms with Gasteiger partial charge in [-0.15, -0.1) is 6.58 Å². The second-order valence-electron chi connectivity index (χ2n) is 9.42. The van der Waals surface area contributed by atoms with Crippen LogP contribution in [0, 0.1) is 11.8 Å². The van der Waals surface area contributed by atoms with E-state index < -0.39 is 8.32 Å². The van der Waals surface area contributed by atoms with Crippen LogP contribution in [-0.2, 0) is 4.43 Å². The van der Waals surface area contributed by atoms with E-state index in [4.69, 9.17) is 4.43 Å². The van der Waals surface area contributed by atoms with Gasteiger partial charge in [0.2, 0.25) is 0 Å². The van der Waals surface area contributed by atoms with Crippen molar-refractivity contribution in [3.05, 3.63) is 24.3 Å². The molecule has 1 aliphatic rings. The van der Waals surface area contributed by atoms with E-state index in [1.807, 2.05) is 0 Å². The minimum atomic E-state index is -1.77. The van der Waals surface area contributed by atoms with Crippen molar-refractivity contribution in [2.24, 2.45) is 11.8 Å². The molecular formula is C22H42OSi. The molecule has 0 amide bonds. The van der Waals surface area contributed by atoms with Gasteiger partial charge in [0, 0.05) is 5.92 Å². The lowest BCUT2D eigenvalue weighted by atomic mass is 9.86. The Balaban J connectivity index is 2.71. The number of hydrogen-bond donors (Lipinski definition) is 0. The average molecular weight is 351 g/mol. The van der Waals surface area contributed by atoms with Crippen molar-refractivity contribution in [3.63, 3.8) is 0 Å². The van der Waals surface area contributed by atoms with Gasteiger partial charge in [-0.2, -0.15) is 0 Å². The first kappa shape index (κ1) is 21.7. The largest absolute Gasteiger partial charge is 0.410 e. The number of allylic oxidation sites excluding steroid dienone is 1. The molecule has 140 valence electrons. The van der Waals surface area contributed by atoms with Crippen LogP contribution >= 0.6 is 0 Å². The van der Waals surface area contributed by atoms with Gasteiger partial charge in [0.05, 0.1) is 6.10 Å². The lowest BCUT2D eigenvalue weighted by Gasteiger charge is -2.41. The van der Waals surface area contributed by atoms with E-state index in [9.17, 15) is 0 Å². The van der Waals surface area contributed by atoms with Crippen LogP contribution in [0.3, 0.4) is 0 Å². The van der Waals surface area contributed by atoms with Gasteiger partial charge in [-0.1, -0.05) is 72.0 Å². The molecule has 0 radical (unpaired) electrons. The molecular weight excluding hydrogens is 308 g/mol. The summed E-state index contributed by atoms with van der Waals surface area (Å²) >= 11 is 0. The zero-order chi connectivity index (χ0) is 18.4. The van der Waals surface area contributed by atoms with Crippen LogP contribution in [0.1, 0.15) is 79.6 Å². The summed E-state index contributed by atoms with van der Waals surface area (Å²) in [4.78, 5) is 0. The Morgan fingerprint density at radius 1 is 1.21 bits per heavy atom. The third kappa shape index (κ3) is 6.52. The fraction of sp³-hybridized carbons (Fsp3) is 0.818. The molecule has 2 heteroatoms. The zero-order valence-electron chi connectivity index (χ0n) is 17.5. The van der Waals surface area contributed by atoms with Gasteiger partial charge in [0.1, 0.15) is 0 Å². The molecule has 0 spiro atoms. The summed E-state index contributed by atoms with van der Waals surface area (Å²) in [5, 5.41) is 0.245. The first-order chi connectivity index (χ1) is 11.1. The smallest absolute Gasteiger partial charge is 0.192 e. The van der Waals surface area contributed by atoms with Crippen molar-refractivity contribution in [1.82, 2.24) is 0 Å². The zero-order valence-corrected chi connectivity index (χ0v) is 18.5. The SMILES string of the molecule is C=C[C@@H](C)[C@@H](O[Si](C)(C)C(C)(C)C)/C(C)=C/CCC1CCCCC1. The summed E-state index contributed by atoms with van der Waals surface area (Å²) in [5.74, 6) is 1.32. The standard InChI is InChI=1S/C22H42OSi/c1-9-18(2)21(23-24(7,8)22(4,5)6)19(3)14-13-17-20-15-11-10-12-16-20/h9,14,18,20-21H,1,10-13,15-17H2,2-8H3/b19-14+/t18-,21-/m1/s1. The van der Waals surface area contributed by atoms with E-state index in [1.54, 1.807) is 0 Å². The second-order valence-corrected chi connectivity index (χ2v) is 14.2. The summed E-state index contributed by atoms with van der Waals surface area (Å²) in [6.07, 6.45) is 14.5. The van der Waals surface area contributed by atoms with Crippen LogP contribution in [-0.4, -0.2) is 14.4 Å². The highest BCUT2D eigenvalue weighted by atomic mass is 28.4. The van der Waals surface area contributed by atoms with Crippen LogP contribution in [0.25, 0.3) is 0 Å². The average Bonchev–Trinajstić information content (AvgIpc) is 2.51. The molecule has 1 nitrogen and oxygen atoms in total. The van der Waals surface area contributed by atoms with Crippen LogP contribution in [0.2, 0.25) is 18.1 Å². The fourth-order valence-electron chi connectivity index (χ4n) is 3.37. The molecule has 1 saturated carbocycles. The van der Waals surface area contributed by atoms with Crippen LogP contribution in [0.4, 0.5) is 0 Å². The van der Waals surface area contributed by atoms with Gasteiger partial charge in [0.25, 0.3) is 0 Å². The highest BCUT2D eigenvalue weighted by Gasteiger charge is 2.40. The first-order valence-electron chi connectivity index (χ1n) is 10.1. The number of rotatable bonds is 8. The molecule has 0 bridgehead atoms. The third-order valence-electron chi connectivity index (χ3n) is 6.29. The molecule has 2 atom stereocenters. The van der Waals surface area contributed by atoms with Gasteiger partial charge in [0.15, 0.2) is 8.32 Å². The van der Waals surface area contributed by atoms with Gasteiger partial charge in [-0.05, 0) is 49.4 Å². The van der Waals surface area contributed by atoms with Gasteiger partial charge in [-0.3, -0.25) is 0 Å². The van der Waals surface area contributed by atoms with Crippen LogP contribution < -0.4 is 0 Å². The van der Waals surface area contributed by atoms with Gasteiger partial charge in [-0.25, -0.2) is 0 Å². The summed E-state index contributed by atoms with van der Waals surface area (Å²) in [6.45, 7) is 20.2. The van der Waals surface area contributed by atoms with E-state index in [1.165, 1.54) is 50.5 Å². The summed E-state index contributed by atoms with van der Waals surface area (Å²) in [5.41, 5.74) is 1.41. The van der Waals surface area contributed by atoms with E-state index in [0.717, 1.165) is 5.92 Å². The fourth-order valence-corrected chi connectivity index (χ4v) is 4.76. The molecule has 0 aliphatic heterocycles. The molecule has 0 N–H and O–H groups in total. The second kappa shape index (κ2) is 9.38. The van der Waals surface area contributed by atoms with Crippen LogP contribution in [0.15, 0.2) is 24.3 Å². The summed E-state index contributed by atoms with van der Waals surface area (Å²) in [7, 11) is -1.77. The Labute approximate surface area is 153 Å². The molecule has 0 heterocycles. The van der Waals surface area contributed by atoms with Crippen molar-refractivity contribution < 1.29 is 4.43 Å². The van der Waals surface area contributed by atoms with Crippen molar-refractivity contribution in [1.29, 1.82) is 0 Å². The predicted molar refractivity (Wildman–Crippen MR) is 111 cm³/mol. The summed E-state index contributed by atoms with van der Waals surface area (Å²) in [6, 6.07) is 0. The Hall–Kier alpha value is -0.343. The maximum absolute atomic E-state index is 6.76.